The van der Waals surface area contributed by atoms with Gasteiger partial charge in [0, 0.05) is 22.4 Å². The fourth-order valence-electron chi connectivity index (χ4n) is 1.59. The number of hydrogen-bond acceptors (Lipinski definition) is 3. The highest BCUT2D eigenvalue weighted by atomic mass is 35.5. The summed E-state index contributed by atoms with van der Waals surface area (Å²) in [6, 6.07) is 6.01. The van der Waals surface area contributed by atoms with Gasteiger partial charge in [-0.05, 0) is 30.5 Å². The highest BCUT2D eigenvalue weighted by molar-refractivity contribution is 7.99. The molecule has 1 aromatic carbocycles. The van der Waals surface area contributed by atoms with E-state index in [0.717, 1.165) is 22.1 Å². The SMILES string of the molecule is CNC(CSC(C)C)c1cc(Cl)ccc1OC. The summed E-state index contributed by atoms with van der Waals surface area (Å²) < 4.78 is 5.38. The van der Waals surface area contributed by atoms with Gasteiger partial charge in [-0.15, -0.1) is 0 Å². The Kier molecular flexibility index (Phi) is 6.17. The topological polar surface area (TPSA) is 21.3 Å². The van der Waals surface area contributed by atoms with Gasteiger partial charge in [0.1, 0.15) is 5.75 Å². The van der Waals surface area contributed by atoms with Crippen molar-refractivity contribution in [2.75, 3.05) is 19.9 Å². The summed E-state index contributed by atoms with van der Waals surface area (Å²) in [7, 11) is 3.65. The predicted octanol–water partition coefficient (Wildman–Crippen LogP) is 3.75. The number of ether oxygens (including phenoxy) is 1. The molecule has 17 heavy (non-hydrogen) atoms. The number of hydrogen-bond donors (Lipinski definition) is 1. The van der Waals surface area contributed by atoms with Crippen LogP contribution in [0.25, 0.3) is 0 Å². The van der Waals surface area contributed by atoms with Crippen molar-refractivity contribution in [3.8, 4) is 5.75 Å². The van der Waals surface area contributed by atoms with E-state index in [1.807, 2.05) is 37.0 Å². The third-order valence-electron chi connectivity index (χ3n) is 2.51. The lowest BCUT2D eigenvalue weighted by atomic mass is 10.1. The summed E-state index contributed by atoms with van der Waals surface area (Å²) in [5, 5.41) is 4.68. The third kappa shape index (κ3) is 4.41. The monoisotopic (exact) mass is 273 g/mol. The van der Waals surface area contributed by atoms with Crippen molar-refractivity contribution in [1.29, 1.82) is 0 Å². The van der Waals surface area contributed by atoms with Crippen LogP contribution in [-0.2, 0) is 0 Å². The normalized spacial score (nSPS) is 12.8. The predicted molar refractivity (Wildman–Crippen MR) is 77.4 cm³/mol. The molecule has 0 saturated carbocycles. The summed E-state index contributed by atoms with van der Waals surface area (Å²) in [4.78, 5) is 0. The van der Waals surface area contributed by atoms with E-state index in [4.69, 9.17) is 16.3 Å². The van der Waals surface area contributed by atoms with Crippen molar-refractivity contribution in [3.05, 3.63) is 28.8 Å². The fourth-order valence-corrected chi connectivity index (χ4v) is 2.70. The van der Waals surface area contributed by atoms with Crippen LogP contribution in [0.1, 0.15) is 25.5 Å². The van der Waals surface area contributed by atoms with Gasteiger partial charge in [0.2, 0.25) is 0 Å². The van der Waals surface area contributed by atoms with E-state index in [0.29, 0.717) is 5.25 Å². The number of thioether (sulfide) groups is 1. The Labute approximate surface area is 113 Å². The van der Waals surface area contributed by atoms with Gasteiger partial charge in [-0.1, -0.05) is 25.4 Å². The maximum Gasteiger partial charge on any atom is 0.123 e. The second kappa shape index (κ2) is 7.14. The zero-order chi connectivity index (χ0) is 12.8. The van der Waals surface area contributed by atoms with Crippen LogP contribution in [0, 0.1) is 0 Å². The molecule has 0 aromatic heterocycles. The molecule has 0 aliphatic rings. The second-order valence-corrected chi connectivity index (χ2v) is 6.16. The van der Waals surface area contributed by atoms with Gasteiger partial charge in [0.25, 0.3) is 0 Å². The summed E-state index contributed by atoms with van der Waals surface area (Å²) in [5.74, 6) is 1.89. The molecular formula is C13H20ClNOS. The molecule has 1 atom stereocenters. The van der Waals surface area contributed by atoms with Crippen molar-refractivity contribution in [2.24, 2.45) is 0 Å². The lowest BCUT2D eigenvalue weighted by Crippen LogP contribution is -2.20. The van der Waals surface area contributed by atoms with E-state index in [1.54, 1.807) is 7.11 Å². The minimum Gasteiger partial charge on any atom is -0.496 e. The van der Waals surface area contributed by atoms with Gasteiger partial charge < -0.3 is 10.1 Å². The van der Waals surface area contributed by atoms with Crippen LogP contribution in [0.15, 0.2) is 18.2 Å². The molecule has 0 aliphatic carbocycles. The molecule has 4 heteroatoms. The maximum atomic E-state index is 6.05. The molecule has 0 heterocycles. The Morgan fingerprint density at radius 3 is 2.65 bits per heavy atom. The summed E-state index contributed by atoms with van der Waals surface area (Å²) in [6.07, 6.45) is 0. The quantitative estimate of drug-likeness (QED) is 0.853. The Balaban J connectivity index is 2.89. The van der Waals surface area contributed by atoms with Gasteiger partial charge in [0.15, 0.2) is 0 Å². The van der Waals surface area contributed by atoms with Gasteiger partial charge in [-0.2, -0.15) is 11.8 Å². The van der Waals surface area contributed by atoms with Crippen LogP contribution < -0.4 is 10.1 Å². The van der Waals surface area contributed by atoms with Gasteiger partial charge in [0.05, 0.1) is 7.11 Å². The highest BCUT2D eigenvalue weighted by Crippen LogP contribution is 2.30. The Morgan fingerprint density at radius 2 is 2.12 bits per heavy atom. The van der Waals surface area contributed by atoms with Crippen molar-refractivity contribution >= 4 is 23.4 Å². The van der Waals surface area contributed by atoms with Crippen LogP contribution in [-0.4, -0.2) is 25.2 Å². The molecule has 2 nitrogen and oxygen atoms in total. The maximum absolute atomic E-state index is 6.05. The average Bonchev–Trinajstić information content (AvgIpc) is 2.30. The first-order valence-corrected chi connectivity index (χ1v) is 7.13. The van der Waals surface area contributed by atoms with E-state index >= 15 is 0 Å². The molecular weight excluding hydrogens is 254 g/mol. The van der Waals surface area contributed by atoms with Gasteiger partial charge >= 0.3 is 0 Å². The molecule has 0 amide bonds. The number of rotatable bonds is 6. The van der Waals surface area contributed by atoms with E-state index in [9.17, 15) is 0 Å². The minimum atomic E-state index is 0.260. The smallest absolute Gasteiger partial charge is 0.123 e. The van der Waals surface area contributed by atoms with E-state index in [1.165, 1.54) is 0 Å². The zero-order valence-corrected chi connectivity index (χ0v) is 12.4. The molecule has 96 valence electrons. The van der Waals surface area contributed by atoms with Crippen LogP contribution in [0.2, 0.25) is 5.02 Å². The summed E-state index contributed by atoms with van der Waals surface area (Å²) in [5.41, 5.74) is 1.12. The largest absolute Gasteiger partial charge is 0.496 e. The Morgan fingerprint density at radius 1 is 1.41 bits per heavy atom. The molecule has 0 aliphatic heterocycles. The number of methoxy groups -OCH3 is 1. The van der Waals surface area contributed by atoms with Crippen molar-refractivity contribution in [2.45, 2.75) is 25.1 Å². The number of halogens is 1. The first kappa shape index (κ1) is 14.7. The average molecular weight is 274 g/mol. The van der Waals surface area contributed by atoms with Crippen LogP contribution in [0.3, 0.4) is 0 Å². The standard InChI is InChI=1S/C13H20ClNOS/c1-9(2)17-8-12(15-3)11-7-10(14)5-6-13(11)16-4/h5-7,9,12,15H,8H2,1-4H3. The van der Waals surface area contributed by atoms with Gasteiger partial charge in [-0.25, -0.2) is 0 Å². The summed E-state index contributed by atoms with van der Waals surface area (Å²) in [6.45, 7) is 4.40. The molecule has 1 unspecified atom stereocenters. The first-order valence-electron chi connectivity index (χ1n) is 5.70. The second-order valence-electron chi connectivity index (χ2n) is 4.11. The van der Waals surface area contributed by atoms with Crippen molar-refractivity contribution in [3.63, 3.8) is 0 Å². The molecule has 0 saturated heterocycles. The van der Waals surface area contributed by atoms with Crippen LogP contribution in [0.4, 0.5) is 0 Å². The molecule has 0 spiro atoms. The van der Waals surface area contributed by atoms with Crippen molar-refractivity contribution in [1.82, 2.24) is 5.32 Å². The van der Waals surface area contributed by atoms with E-state index in [-0.39, 0.29) is 6.04 Å². The molecule has 0 bridgehead atoms. The third-order valence-corrected chi connectivity index (χ3v) is 3.94. The minimum absolute atomic E-state index is 0.260. The zero-order valence-electron chi connectivity index (χ0n) is 10.8. The Bertz CT molecular complexity index is 357. The van der Waals surface area contributed by atoms with Crippen LogP contribution >= 0.6 is 23.4 Å². The Hall–Kier alpha value is -0.380. The lowest BCUT2D eigenvalue weighted by molar-refractivity contribution is 0.404. The van der Waals surface area contributed by atoms with E-state index in [2.05, 4.69) is 19.2 Å². The lowest BCUT2D eigenvalue weighted by Gasteiger charge is -2.20. The highest BCUT2D eigenvalue weighted by Gasteiger charge is 2.15. The molecule has 0 radical (unpaired) electrons. The van der Waals surface area contributed by atoms with Gasteiger partial charge in [-0.3, -0.25) is 0 Å². The molecule has 1 aromatic rings. The van der Waals surface area contributed by atoms with Crippen LogP contribution in [0.5, 0.6) is 5.75 Å². The van der Waals surface area contributed by atoms with Crippen molar-refractivity contribution < 1.29 is 4.74 Å². The summed E-state index contributed by atoms with van der Waals surface area (Å²) >= 11 is 7.97. The van der Waals surface area contributed by atoms with E-state index < -0.39 is 0 Å². The molecule has 1 N–H and O–H groups in total. The fraction of sp³-hybridized carbons (Fsp3) is 0.538. The first-order chi connectivity index (χ1) is 8.08. The number of benzene rings is 1. The number of nitrogens with one attached hydrogen (secondary N) is 1. The molecule has 0 fully saturated rings. The molecule has 1 rings (SSSR count).